The Morgan fingerprint density at radius 1 is 1.15 bits per heavy atom. The van der Waals surface area contributed by atoms with E-state index in [2.05, 4.69) is 43.0 Å². The lowest BCUT2D eigenvalue weighted by atomic mass is 10.1. The highest BCUT2D eigenvalue weighted by Crippen LogP contribution is 2.31. The molecule has 9 heteroatoms. The normalized spacial score (nSPS) is 15.2. The van der Waals surface area contributed by atoms with Gasteiger partial charge >= 0.3 is 6.01 Å². The molecular weight excluding hydrogens is 448 g/mol. The summed E-state index contributed by atoms with van der Waals surface area (Å²) < 4.78 is 12.3. The van der Waals surface area contributed by atoms with E-state index in [0.717, 1.165) is 54.3 Å². The van der Waals surface area contributed by atoms with E-state index in [-0.39, 0.29) is 6.01 Å². The average molecular weight is 473 g/mol. The zero-order valence-corrected chi connectivity index (χ0v) is 19.7. The Kier molecular flexibility index (Phi) is 6.72. The molecule has 5 rings (SSSR count). The topological polar surface area (TPSA) is 97.0 Å². The molecule has 8 nitrogen and oxygen atoms in total. The highest BCUT2D eigenvalue weighted by atomic mass is 32.1. The molecule has 0 amide bonds. The molecule has 34 heavy (non-hydrogen) atoms. The van der Waals surface area contributed by atoms with Gasteiger partial charge < -0.3 is 9.47 Å². The van der Waals surface area contributed by atoms with Gasteiger partial charge in [-0.15, -0.1) is 11.3 Å². The number of ether oxygens (including phenoxy) is 2. The summed E-state index contributed by atoms with van der Waals surface area (Å²) in [7, 11) is 0. The molecule has 0 saturated carbocycles. The summed E-state index contributed by atoms with van der Waals surface area (Å²) in [5, 5.41) is 10.6. The highest BCUT2D eigenvalue weighted by Gasteiger charge is 2.21. The highest BCUT2D eigenvalue weighted by molar-refractivity contribution is 7.18. The van der Waals surface area contributed by atoms with Crippen LogP contribution in [0.1, 0.15) is 33.4 Å². The smallest absolute Gasteiger partial charge is 0.316 e. The van der Waals surface area contributed by atoms with Gasteiger partial charge in [0.05, 0.1) is 41.4 Å². The average Bonchev–Trinajstić information content (AvgIpc) is 3.27. The van der Waals surface area contributed by atoms with Gasteiger partial charge in [-0.25, -0.2) is 9.97 Å². The van der Waals surface area contributed by atoms with Crippen molar-refractivity contribution in [3.05, 3.63) is 76.3 Å². The van der Waals surface area contributed by atoms with E-state index < -0.39 is 5.92 Å². The lowest BCUT2D eigenvalue weighted by molar-refractivity contribution is 0.0342. The Morgan fingerprint density at radius 2 is 2.00 bits per heavy atom. The van der Waals surface area contributed by atoms with Gasteiger partial charge in [0.1, 0.15) is 17.5 Å². The lowest BCUT2D eigenvalue weighted by Crippen LogP contribution is -2.35. The lowest BCUT2D eigenvalue weighted by Gasteiger charge is -2.26. The molecule has 3 aromatic heterocycles. The number of aryl methyl sites for hydroxylation is 1. The van der Waals surface area contributed by atoms with Crippen molar-refractivity contribution in [3.63, 3.8) is 0 Å². The molecule has 1 aromatic carbocycles. The molecule has 1 atom stereocenters. The fourth-order valence-corrected chi connectivity index (χ4v) is 4.98. The SMILES string of the molecule is Cc1cc2sc(C(C#N)c3ccnc(OCc4cccc(CN5CCOCC5)c4)n3)nc2cn1. The number of pyridine rings is 1. The third-order valence-corrected chi connectivity index (χ3v) is 6.71. The number of fused-ring (bicyclic) bond motifs is 1. The van der Waals surface area contributed by atoms with Crippen molar-refractivity contribution in [2.24, 2.45) is 0 Å². The van der Waals surface area contributed by atoms with Gasteiger partial charge in [-0.1, -0.05) is 24.3 Å². The maximum Gasteiger partial charge on any atom is 0.316 e. The Labute approximate surface area is 201 Å². The van der Waals surface area contributed by atoms with E-state index in [1.807, 2.05) is 25.1 Å². The number of hydrogen-bond acceptors (Lipinski definition) is 9. The van der Waals surface area contributed by atoms with E-state index in [9.17, 15) is 5.26 Å². The number of hydrogen-bond donors (Lipinski definition) is 0. The van der Waals surface area contributed by atoms with Crippen LogP contribution in [0.25, 0.3) is 10.2 Å². The fourth-order valence-electron chi connectivity index (χ4n) is 3.89. The fraction of sp³-hybridized carbons (Fsp3) is 0.320. The maximum absolute atomic E-state index is 9.86. The van der Waals surface area contributed by atoms with Crippen molar-refractivity contribution in [1.82, 2.24) is 24.8 Å². The monoisotopic (exact) mass is 472 g/mol. The largest absolute Gasteiger partial charge is 0.459 e. The van der Waals surface area contributed by atoms with Crippen molar-refractivity contribution in [1.29, 1.82) is 5.26 Å². The summed E-state index contributed by atoms with van der Waals surface area (Å²) in [5.74, 6) is -0.597. The second kappa shape index (κ2) is 10.2. The Balaban J connectivity index is 1.28. The minimum absolute atomic E-state index is 0.245. The van der Waals surface area contributed by atoms with E-state index in [1.165, 1.54) is 16.9 Å². The molecule has 172 valence electrons. The summed E-state index contributed by atoms with van der Waals surface area (Å²) >= 11 is 1.48. The van der Waals surface area contributed by atoms with Gasteiger partial charge in [0, 0.05) is 31.5 Å². The second-order valence-corrected chi connectivity index (χ2v) is 9.23. The minimum atomic E-state index is -0.597. The van der Waals surface area contributed by atoms with Crippen LogP contribution in [0, 0.1) is 18.3 Å². The van der Waals surface area contributed by atoms with Crippen molar-refractivity contribution in [2.75, 3.05) is 26.3 Å². The van der Waals surface area contributed by atoms with E-state index in [0.29, 0.717) is 17.3 Å². The first-order valence-corrected chi connectivity index (χ1v) is 12.0. The Morgan fingerprint density at radius 3 is 2.85 bits per heavy atom. The minimum Gasteiger partial charge on any atom is -0.459 e. The molecule has 1 aliphatic rings. The van der Waals surface area contributed by atoms with Crippen LogP contribution in [-0.2, 0) is 17.9 Å². The quantitative estimate of drug-likeness (QED) is 0.400. The van der Waals surface area contributed by atoms with Crippen LogP contribution < -0.4 is 4.74 Å². The molecule has 1 aliphatic heterocycles. The predicted octanol–water partition coefficient (Wildman–Crippen LogP) is 3.86. The number of nitriles is 1. The number of thiazole rings is 1. The molecule has 1 unspecified atom stereocenters. The van der Waals surface area contributed by atoms with Gasteiger partial charge in [0.25, 0.3) is 0 Å². The summed E-state index contributed by atoms with van der Waals surface area (Å²) in [5.41, 5.74) is 4.56. The van der Waals surface area contributed by atoms with Crippen molar-refractivity contribution >= 4 is 21.6 Å². The standard InChI is InChI=1S/C25H24N6O2S/c1-17-11-23-22(14-28-17)29-24(34-23)20(13-26)21-5-6-27-25(30-21)33-16-19-4-2-3-18(12-19)15-31-7-9-32-10-8-31/h2-6,11-12,14,20H,7-10,15-16H2,1H3. The van der Waals surface area contributed by atoms with E-state index in [1.54, 1.807) is 18.5 Å². The summed E-state index contributed by atoms with van der Waals surface area (Å²) in [6.45, 7) is 6.65. The van der Waals surface area contributed by atoms with Gasteiger partial charge in [0.2, 0.25) is 0 Å². The number of aromatic nitrogens is 4. The zero-order valence-electron chi connectivity index (χ0n) is 18.8. The van der Waals surface area contributed by atoms with Crippen LogP contribution in [0.5, 0.6) is 6.01 Å². The van der Waals surface area contributed by atoms with Gasteiger partial charge in [-0.05, 0) is 30.2 Å². The Bertz CT molecular complexity index is 1330. The van der Waals surface area contributed by atoms with Crippen LogP contribution in [0.15, 0.2) is 48.8 Å². The van der Waals surface area contributed by atoms with Crippen molar-refractivity contribution < 1.29 is 9.47 Å². The molecule has 0 N–H and O–H groups in total. The van der Waals surface area contributed by atoms with Crippen molar-refractivity contribution in [3.8, 4) is 12.1 Å². The summed E-state index contributed by atoms with van der Waals surface area (Å²) in [4.78, 5) is 20.0. The third-order valence-electron chi connectivity index (χ3n) is 5.62. The molecule has 0 radical (unpaired) electrons. The molecule has 4 heterocycles. The first-order valence-electron chi connectivity index (χ1n) is 11.1. The van der Waals surface area contributed by atoms with Crippen LogP contribution in [0.3, 0.4) is 0 Å². The molecule has 0 aliphatic carbocycles. The van der Waals surface area contributed by atoms with Crippen LogP contribution in [0.4, 0.5) is 0 Å². The van der Waals surface area contributed by atoms with E-state index >= 15 is 0 Å². The van der Waals surface area contributed by atoms with Crippen LogP contribution in [-0.4, -0.2) is 51.1 Å². The second-order valence-electron chi connectivity index (χ2n) is 8.17. The Hall–Kier alpha value is -3.45. The van der Waals surface area contributed by atoms with Gasteiger partial charge in [0.15, 0.2) is 0 Å². The number of morpholine rings is 1. The number of nitrogens with zero attached hydrogens (tertiary/aromatic N) is 6. The molecule has 0 spiro atoms. The molecule has 1 saturated heterocycles. The third kappa shape index (κ3) is 5.20. The molecule has 0 bridgehead atoms. The molecular formula is C25H24N6O2S. The van der Waals surface area contributed by atoms with Crippen LogP contribution in [0.2, 0.25) is 0 Å². The number of benzene rings is 1. The predicted molar refractivity (Wildman–Crippen MR) is 129 cm³/mol. The van der Waals surface area contributed by atoms with Crippen LogP contribution >= 0.6 is 11.3 Å². The number of rotatable bonds is 7. The van der Waals surface area contributed by atoms with Gasteiger partial charge in [-0.3, -0.25) is 9.88 Å². The molecule has 1 fully saturated rings. The first-order chi connectivity index (χ1) is 16.7. The summed E-state index contributed by atoms with van der Waals surface area (Å²) in [6.07, 6.45) is 3.36. The maximum atomic E-state index is 9.86. The summed E-state index contributed by atoms with van der Waals surface area (Å²) in [6, 6.07) is 14.6. The van der Waals surface area contributed by atoms with Gasteiger partial charge in [-0.2, -0.15) is 10.2 Å². The molecule has 4 aromatic rings. The first kappa shape index (κ1) is 22.3. The van der Waals surface area contributed by atoms with Crippen molar-refractivity contribution in [2.45, 2.75) is 26.0 Å². The van der Waals surface area contributed by atoms with E-state index in [4.69, 9.17) is 9.47 Å². The zero-order chi connectivity index (χ0) is 23.3.